The molecule has 0 aliphatic heterocycles. The average Bonchev–Trinajstić information content (AvgIpc) is 2.36. The number of rotatable bonds is 5. The van der Waals surface area contributed by atoms with Crippen molar-refractivity contribution in [2.45, 2.75) is 20.0 Å². The van der Waals surface area contributed by atoms with Crippen LogP contribution in [0, 0.1) is 0 Å². The molecule has 0 radical (unpaired) electrons. The van der Waals surface area contributed by atoms with Crippen molar-refractivity contribution in [3.8, 4) is 5.75 Å². The lowest BCUT2D eigenvalue weighted by atomic mass is 10.3. The van der Waals surface area contributed by atoms with Crippen LogP contribution in [0.2, 0.25) is 0 Å². The fourth-order valence-corrected chi connectivity index (χ4v) is 1.03. The zero-order chi connectivity index (χ0) is 13.5. The summed E-state index contributed by atoms with van der Waals surface area (Å²) in [5.74, 6) is -1.15. The van der Waals surface area contributed by atoms with Crippen LogP contribution in [-0.2, 0) is 9.59 Å². The molecule has 0 fully saturated rings. The summed E-state index contributed by atoms with van der Waals surface area (Å²) in [5, 5.41) is 12.0. The molecule has 0 aromatic heterocycles. The molecule has 0 aliphatic rings. The second-order valence-electron chi connectivity index (χ2n) is 3.55. The maximum atomic E-state index is 11.5. The van der Waals surface area contributed by atoms with Crippen molar-refractivity contribution >= 4 is 17.6 Å². The van der Waals surface area contributed by atoms with E-state index in [0.29, 0.717) is 5.75 Å². The van der Waals surface area contributed by atoms with Gasteiger partial charge in [0.2, 0.25) is 0 Å². The van der Waals surface area contributed by atoms with Gasteiger partial charge in [0.05, 0.1) is 0 Å². The number of amides is 1. The smallest absolute Gasteiger partial charge is 0.351 e. The Kier molecular flexibility index (Phi) is 4.86. The summed E-state index contributed by atoms with van der Waals surface area (Å²) >= 11 is 0. The minimum absolute atomic E-state index is 0.199. The van der Waals surface area contributed by atoms with Crippen molar-refractivity contribution in [1.82, 2.24) is 5.43 Å². The molecule has 0 aliphatic carbocycles. The van der Waals surface area contributed by atoms with Crippen molar-refractivity contribution in [3.63, 3.8) is 0 Å². The van der Waals surface area contributed by atoms with Crippen LogP contribution in [0.15, 0.2) is 35.4 Å². The number of nitrogens with zero attached hydrogens (tertiary/aromatic N) is 1. The topological polar surface area (TPSA) is 88.0 Å². The Morgan fingerprint density at radius 2 is 1.94 bits per heavy atom. The second-order valence-corrected chi connectivity index (χ2v) is 3.55. The summed E-state index contributed by atoms with van der Waals surface area (Å²) in [5.41, 5.74) is 1.93. The molecule has 1 aromatic rings. The van der Waals surface area contributed by atoms with E-state index in [-0.39, 0.29) is 5.71 Å². The van der Waals surface area contributed by atoms with E-state index >= 15 is 0 Å². The number of ether oxygens (including phenoxy) is 1. The largest absolute Gasteiger partial charge is 0.481 e. The fourth-order valence-electron chi connectivity index (χ4n) is 1.03. The lowest BCUT2D eigenvalue weighted by Crippen LogP contribution is -2.34. The average molecular weight is 250 g/mol. The molecule has 1 rings (SSSR count). The normalized spacial score (nSPS) is 12.7. The van der Waals surface area contributed by atoms with E-state index in [4.69, 9.17) is 9.84 Å². The molecular formula is C12H14N2O4. The quantitative estimate of drug-likeness (QED) is 0.603. The van der Waals surface area contributed by atoms with Gasteiger partial charge in [0.1, 0.15) is 11.5 Å². The van der Waals surface area contributed by atoms with E-state index in [1.165, 1.54) is 6.92 Å². The molecule has 6 nitrogen and oxygen atoms in total. The lowest BCUT2D eigenvalue weighted by Gasteiger charge is -2.12. The van der Waals surface area contributed by atoms with Gasteiger partial charge in [-0.25, -0.2) is 10.2 Å². The molecule has 96 valence electrons. The Labute approximate surface area is 104 Å². The molecule has 0 saturated carbocycles. The summed E-state index contributed by atoms with van der Waals surface area (Å²) in [6.07, 6.45) is -0.766. The monoisotopic (exact) mass is 250 g/mol. The maximum Gasteiger partial charge on any atom is 0.351 e. The molecule has 1 amide bonds. The molecule has 18 heavy (non-hydrogen) atoms. The predicted octanol–water partition coefficient (Wildman–Crippen LogP) is 1.03. The number of carboxylic acid groups (broad SMARTS) is 1. The molecule has 1 aromatic carbocycles. The third-order valence-corrected chi connectivity index (χ3v) is 2.07. The number of hydrazone groups is 1. The first kappa shape index (κ1) is 13.7. The molecule has 6 heteroatoms. The second kappa shape index (κ2) is 6.39. The Balaban J connectivity index is 2.52. The van der Waals surface area contributed by atoms with E-state index in [1.54, 1.807) is 31.2 Å². The molecule has 0 heterocycles. The van der Waals surface area contributed by atoms with E-state index in [9.17, 15) is 9.59 Å². The highest BCUT2D eigenvalue weighted by Gasteiger charge is 2.14. The number of carbonyl (C=O) groups is 2. The van der Waals surface area contributed by atoms with Crippen molar-refractivity contribution in [3.05, 3.63) is 30.3 Å². The Bertz CT molecular complexity index is 456. The van der Waals surface area contributed by atoms with Crippen molar-refractivity contribution in [2.24, 2.45) is 5.10 Å². The van der Waals surface area contributed by atoms with Gasteiger partial charge in [0.15, 0.2) is 6.10 Å². The number of hydrogen-bond donors (Lipinski definition) is 2. The first-order valence-corrected chi connectivity index (χ1v) is 5.30. The van der Waals surface area contributed by atoms with Gasteiger partial charge in [-0.15, -0.1) is 0 Å². The molecular weight excluding hydrogens is 236 g/mol. The zero-order valence-corrected chi connectivity index (χ0v) is 10.1. The molecule has 0 bridgehead atoms. The maximum absolute atomic E-state index is 11.5. The fraction of sp³-hybridized carbons (Fsp3) is 0.250. The SMILES string of the molecule is C/C(=N/NC(=O)C(C)Oc1ccccc1)C(=O)O. The lowest BCUT2D eigenvalue weighted by molar-refractivity contribution is -0.129. The van der Waals surface area contributed by atoms with Crippen LogP contribution < -0.4 is 10.2 Å². The molecule has 1 atom stereocenters. The number of para-hydroxylation sites is 1. The van der Waals surface area contributed by atoms with Crippen LogP contribution in [0.4, 0.5) is 0 Å². The van der Waals surface area contributed by atoms with Gasteiger partial charge in [0.25, 0.3) is 5.91 Å². The summed E-state index contributed by atoms with van der Waals surface area (Å²) in [6.45, 7) is 2.83. The van der Waals surface area contributed by atoms with E-state index in [2.05, 4.69) is 10.5 Å². The van der Waals surface area contributed by atoms with Gasteiger partial charge >= 0.3 is 5.97 Å². The first-order valence-electron chi connectivity index (χ1n) is 5.30. The van der Waals surface area contributed by atoms with Gasteiger partial charge in [0, 0.05) is 0 Å². The highest BCUT2D eigenvalue weighted by atomic mass is 16.5. The van der Waals surface area contributed by atoms with Crippen LogP contribution in [0.1, 0.15) is 13.8 Å². The van der Waals surface area contributed by atoms with Crippen molar-refractivity contribution in [1.29, 1.82) is 0 Å². The number of carbonyl (C=O) groups excluding carboxylic acids is 1. The summed E-state index contributed by atoms with van der Waals surface area (Å²) in [7, 11) is 0. The van der Waals surface area contributed by atoms with Crippen LogP contribution in [0.5, 0.6) is 5.75 Å². The van der Waals surface area contributed by atoms with Crippen LogP contribution in [0.3, 0.4) is 0 Å². The van der Waals surface area contributed by atoms with Gasteiger partial charge in [-0.05, 0) is 26.0 Å². The third kappa shape index (κ3) is 4.25. The van der Waals surface area contributed by atoms with E-state index in [0.717, 1.165) is 0 Å². The van der Waals surface area contributed by atoms with Gasteiger partial charge in [-0.3, -0.25) is 4.79 Å². The van der Waals surface area contributed by atoms with Crippen LogP contribution >= 0.6 is 0 Å². The number of nitrogens with one attached hydrogen (secondary N) is 1. The molecule has 0 saturated heterocycles. The van der Waals surface area contributed by atoms with Crippen molar-refractivity contribution in [2.75, 3.05) is 0 Å². The Morgan fingerprint density at radius 3 is 2.50 bits per heavy atom. The van der Waals surface area contributed by atoms with E-state index < -0.39 is 18.0 Å². The number of benzene rings is 1. The standard InChI is InChI=1S/C12H14N2O4/c1-8(12(16)17)13-14-11(15)9(2)18-10-6-4-3-5-7-10/h3-7,9H,1-2H3,(H,14,15)(H,16,17)/b13-8-. The number of hydrogen-bond acceptors (Lipinski definition) is 4. The van der Waals surface area contributed by atoms with Gasteiger partial charge < -0.3 is 9.84 Å². The summed E-state index contributed by atoms with van der Waals surface area (Å²) in [4.78, 5) is 22.0. The number of aliphatic carboxylic acids is 1. The van der Waals surface area contributed by atoms with Crippen molar-refractivity contribution < 1.29 is 19.4 Å². The molecule has 1 unspecified atom stereocenters. The first-order chi connectivity index (χ1) is 8.50. The Morgan fingerprint density at radius 1 is 1.33 bits per heavy atom. The third-order valence-electron chi connectivity index (χ3n) is 2.07. The summed E-state index contributed by atoms with van der Waals surface area (Å²) < 4.78 is 5.34. The van der Waals surface area contributed by atoms with Crippen LogP contribution in [0.25, 0.3) is 0 Å². The minimum atomic E-state index is -1.19. The zero-order valence-electron chi connectivity index (χ0n) is 10.1. The molecule has 2 N–H and O–H groups in total. The van der Waals surface area contributed by atoms with Gasteiger partial charge in [-0.2, -0.15) is 5.10 Å². The van der Waals surface area contributed by atoms with Gasteiger partial charge in [-0.1, -0.05) is 18.2 Å². The minimum Gasteiger partial charge on any atom is -0.481 e. The number of carboxylic acids is 1. The van der Waals surface area contributed by atoms with E-state index in [1.807, 2.05) is 6.07 Å². The van der Waals surface area contributed by atoms with Crippen LogP contribution in [-0.4, -0.2) is 28.8 Å². The predicted molar refractivity (Wildman–Crippen MR) is 65.4 cm³/mol. The molecule has 0 spiro atoms. The summed E-state index contributed by atoms with van der Waals surface area (Å²) in [6, 6.07) is 8.84. The Hall–Kier alpha value is -2.37. The highest BCUT2D eigenvalue weighted by molar-refractivity contribution is 6.34. The highest BCUT2D eigenvalue weighted by Crippen LogP contribution is 2.10.